The summed E-state index contributed by atoms with van der Waals surface area (Å²) in [5.74, 6) is 0.950. The summed E-state index contributed by atoms with van der Waals surface area (Å²) >= 11 is 0. The summed E-state index contributed by atoms with van der Waals surface area (Å²) in [6, 6.07) is 9.93. The first-order chi connectivity index (χ1) is 6.95. The molecule has 14 heavy (non-hydrogen) atoms. The maximum atomic E-state index is 5.59. The van der Waals surface area contributed by atoms with E-state index in [9.17, 15) is 0 Å². The number of hydrogen-bond acceptors (Lipinski definition) is 2. The summed E-state index contributed by atoms with van der Waals surface area (Å²) in [6.07, 6.45) is 3.84. The third-order valence-electron chi connectivity index (χ3n) is 2.48. The molecule has 2 nitrogen and oxygen atoms in total. The van der Waals surface area contributed by atoms with Crippen LogP contribution in [-0.4, -0.2) is 19.3 Å². The summed E-state index contributed by atoms with van der Waals surface area (Å²) in [5.41, 5.74) is 0. The molecule has 1 atom stereocenters. The van der Waals surface area contributed by atoms with Crippen molar-refractivity contribution < 1.29 is 9.47 Å². The maximum Gasteiger partial charge on any atom is 0.119 e. The lowest BCUT2D eigenvalue weighted by molar-refractivity contribution is 0.0903. The van der Waals surface area contributed by atoms with Gasteiger partial charge >= 0.3 is 0 Å². The average molecular weight is 192 g/mol. The van der Waals surface area contributed by atoms with Gasteiger partial charge in [-0.15, -0.1) is 0 Å². The van der Waals surface area contributed by atoms with E-state index in [1.807, 2.05) is 30.3 Å². The SMILES string of the molecule is c1ccc(OCCC2CCCO2)cc1. The molecule has 76 valence electrons. The van der Waals surface area contributed by atoms with Crippen molar-refractivity contribution in [2.24, 2.45) is 0 Å². The summed E-state index contributed by atoms with van der Waals surface area (Å²) in [7, 11) is 0. The highest BCUT2D eigenvalue weighted by Gasteiger charge is 2.14. The van der Waals surface area contributed by atoms with Crippen LogP contribution in [0, 0.1) is 0 Å². The fraction of sp³-hybridized carbons (Fsp3) is 0.500. The molecule has 1 aromatic carbocycles. The summed E-state index contributed by atoms with van der Waals surface area (Å²) in [4.78, 5) is 0. The fourth-order valence-electron chi connectivity index (χ4n) is 1.70. The van der Waals surface area contributed by atoms with Crippen LogP contribution in [0.15, 0.2) is 30.3 Å². The highest BCUT2D eigenvalue weighted by atomic mass is 16.5. The molecule has 0 bridgehead atoms. The van der Waals surface area contributed by atoms with E-state index in [2.05, 4.69) is 0 Å². The Bertz CT molecular complexity index is 252. The van der Waals surface area contributed by atoms with Crippen molar-refractivity contribution in [3.8, 4) is 5.75 Å². The lowest BCUT2D eigenvalue weighted by atomic mass is 10.2. The molecule has 0 radical (unpaired) electrons. The number of ether oxygens (including phenoxy) is 2. The number of rotatable bonds is 4. The zero-order valence-corrected chi connectivity index (χ0v) is 8.32. The van der Waals surface area contributed by atoms with Crippen molar-refractivity contribution in [3.63, 3.8) is 0 Å². The summed E-state index contributed by atoms with van der Waals surface area (Å²) in [6.45, 7) is 1.69. The Labute approximate surface area is 84.8 Å². The largest absolute Gasteiger partial charge is 0.493 e. The van der Waals surface area contributed by atoms with Crippen LogP contribution in [0.5, 0.6) is 5.75 Å². The van der Waals surface area contributed by atoms with Crippen LogP contribution in [0.3, 0.4) is 0 Å². The number of benzene rings is 1. The molecule has 0 saturated carbocycles. The van der Waals surface area contributed by atoms with Crippen molar-refractivity contribution in [2.45, 2.75) is 25.4 Å². The smallest absolute Gasteiger partial charge is 0.119 e. The van der Waals surface area contributed by atoms with Crippen LogP contribution < -0.4 is 4.74 Å². The normalized spacial score (nSPS) is 21.0. The van der Waals surface area contributed by atoms with Gasteiger partial charge in [0.1, 0.15) is 5.75 Å². The molecule has 1 aromatic rings. The molecule has 1 saturated heterocycles. The van der Waals surface area contributed by atoms with Gasteiger partial charge in [-0.25, -0.2) is 0 Å². The van der Waals surface area contributed by atoms with Gasteiger partial charge in [-0.1, -0.05) is 18.2 Å². The van der Waals surface area contributed by atoms with Gasteiger partial charge in [0.2, 0.25) is 0 Å². The van der Waals surface area contributed by atoms with Gasteiger partial charge in [-0.05, 0) is 25.0 Å². The number of hydrogen-bond donors (Lipinski definition) is 0. The third kappa shape index (κ3) is 2.74. The van der Waals surface area contributed by atoms with Gasteiger partial charge in [0.05, 0.1) is 12.7 Å². The molecule has 1 aliphatic heterocycles. The fourth-order valence-corrected chi connectivity index (χ4v) is 1.70. The first-order valence-electron chi connectivity index (χ1n) is 5.24. The van der Waals surface area contributed by atoms with Crippen molar-refractivity contribution in [3.05, 3.63) is 30.3 Å². The minimum Gasteiger partial charge on any atom is -0.493 e. The van der Waals surface area contributed by atoms with Crippen LogP contribution in [-0.2, 0) is 4.74 Å². The van der Waals surface area contributed by atoms with Gasteiger partial charge in [-0.2, -0.15) is 0 Å². The van der Waals surface area contributed by atoms with Crippen molar-refractivity contribution in [1.82, 2.24) is 0 Å². The average Bonchev–Trinajstić information content (AvgIpc) is 2.72. The van der Waals surface area contributed by atoms with Crippen LogP contribution in [0.4, 0.5) is 0 Å². The molecule has 2 heteroatoms. The second-order valence-corrected chi connectivity index (χ2v) is 3.59. The Hall–Kier alpha value is -1.02. The molecule has 2 rings (SSSR count). The van der Waals surface area contributed by atoms with Gasteiger partial charge in [0.25, 0.3) is 0 Å². The number of para-hydroxylation sites is 1. The topological polar surface area (TPSA) is 18.5 Å². The second-order valence-electron chi connectivity index (χ2n) is 3.59. The Morgan fingerprint density at radius 1 is 1.29 bits per heavy atom. The highest BCUT2D eigenvalue weighted by Crippen LogP contribution is 2.16. The molecule has 1 heterocycles. The molecular weight excluding hydrogens is 176 g/mol. The second kappa shape index (κ2) is 5.01. The van der Waals surface area contributed by atoms with E-state index in [4.69, 9.17) is 9.47 Å². The van der Waals surface area contributed by atoms with E-state index in [-0.39, 0.29) is 0 Å². The third-order valence-corrected chi connectivity index (χ3v) is 2.48. The van der Waals surface area contributed by atoms with E-state index >= 15 is 0 Å². The van der Waals surface area contributed by atoms with Crippen molar-refractivity contribution in [1.29, 1.82) is 0 Å². The Morgan fingerprint density at radius 2 is 2.14 bits per heavy atom. The lowest BCUT2D eigenvalue weighted by Gasteiger charge is -2.10. The minimum atomic E-state index is 0.429. The van der Waals surface area contributed by atoms with Crippen LogP contribution in [0.25, 0.3) is 0 Å². The molecule has 0 aliphatic carbocycles. The molecule has 0 N–H and O–H groups in total. The van der Waals surface area contributed by atoms with Crippen molar-refractivity contribution in [2.75, 3.05) is 13.2 Å². The van der Waals surface area contributed by atoms with E-state index in [0.717, 1.165) is 25.4 Å². The van der Waals surface area contributed by atoms with Gasteiger partial charge in [0.15, 0.2) is 0 Å². The maximum absolute atomic E-state index is 5.59. The van der Waals surface area contributed by atoms with E-state index in [0.29, 0.717) is 6.10 Å². The molecule has 0 amide bonds. The molecule has 1 unspecified atom stereocenters. The minimum absolute atomic E-state index is 0.429. The predicted octanol–water partition coefficient (Wildman–Crippen LogP) is 2.63. The Balaban J connectivity index is 1.67. The molecule has 0 aromatic heterocycles. The van der Waals surface area contributed by atoms with Gasteiger partial charge < -0.3 is 9.47 Å². The van der Waals surface area contributed by atoms with Crippen LogP contribution >= 0.6 is 0 Å². The predicted molar refractivity (Wildman–Crippen MR) is 55.5 cm³/mol. The Morgan fingerprint density at radius 3 is 2.86 bits per heavy atom. The Kier molecular flexibility index (Phi) is 3.41. The van der Waals surface area contributed by atoms with E-state index < -0.39 is 0 Å². The lowest BCUT2D eigenvalue weighted by Crippen LogP contribution is -2.10. The van der Waals surface area contributed by atoms with Crippen molar-refractivity contribution >= 4 is 0 Å². The molecule has 0 spiro atoms. The van der Waals surface area contributed by atoms with Gasteiger partial charge in [-0.3, -0.25) is 0 Å². The summed E-state index contributed by atoms with van der Waals surface area (Å²) < 4.78 is 11.1. The zero-order valence-electron chi connectivity index (χ0n) is 8.32. The zero-order chi connectivity index (χ0) is 9.64. The van der Waals surface area contributed by atoms with Gasteiger partial charge in [0, 0.05) is 13.0 Å². The van der Waals surface area contributed by atoms with Crippen LogP contribution in [0.2, 0.25) is 0 Å². The highest BCUT2D eigenvalue weighted by molar-refractivity contribution is 5.20. The quantitative estimate of drug-likeness (QED) is 0.730. The monoisotopic (exact) mass is 192 g/mol. The molecular formula is C12H16O2. The molecule has 1 fully saturated rings. The van der Waals surface area contributed by atoms with E-state index in [1.165, 1.54) is 12.8 Å². The first-order valence-corrected chi connectivity index (χ1v) is 5.24. The first kappa shape index (κ1) is 9.53. The standard InChI is InChI=1S/C12H16O2/c1-2-5-11(6-3-1)14-10-8-12-7-4-9-13-12/h1-3,5-6,12H,4,7-10H2. The van der Waals surface area contributed by atoms with Crippen LogP contribution in [0.1, 0.15) is 19.3 Å². The molecule has 1 aliphatic rings. The summed E-state index contributed by atoms with van der Waals surface area (Å²) in [5, 5.41) is 0. The van der Waals surface area contributed by atoms with E-state index in [1.54, 1.807) is 0 Å².